The maximum absolute atomic E-state index is 12.9. The lowest BCUT2D eigenvalue weighted by molar-refractivity contribution is -0.134. The lowest BCUT2D eigenvalue weighted by Crippen LogP contribution is -2.38. The summed E-state index contributed by atoms with van der Waals surface area (Å²) in [7, 11) is 0. The Morgan fingerprint density at radius 2 is 1.95 bits per heavy atom. The summed E-state index contributed by atoms with van der Waals surface area (Å²) >= 11 is 0. The number of nitrogen functional groups attached to an aromatic ring is 1. The smallest absolute Gasteiger partial charge is 0.226 e. The summed E-state index contributed by atoms with van der Waals surface area (Å²) in [5, 5.41) is 0. The molecular weight excluding hydrogens is 260 g/mol. The Balaban J connectivity index is 1.35. The van der Waals surface area contributed by atoms with E-state index in [2.05, 4.69) is 11.0 Å². The van der Waals surface area contributed by atoms with Crippen molar-refractivity contribution in [2.24, 2.45) is 29.6 Å². The van der Waals surface area contributed by atoms with Gasteiger partial charge < -0.3 is 10.6 Å². The van der Waals surface area contributed by atoms with Crippen LogP contribution in [-0.2, 0) is 17.8 Å². The minimum Gasteiger partial charge on any atom is -0.398 e. The van der Waals surface area contributed by atoms with Gasteiger partial charge in [-0.3, -0.25) is 4.79 Å². The van der Waals surface area contributed by atoms with Gasteiger partial charge in [0.25, 0.3) is 0 Å². The molecule has 4 aliphatic rings. The van der Waals surface area contributed by atoms with E-state index in [9.17, 15) is 4.79 Å². The molecule has 1 aliphatic heterocycles. The van der Waals surface area contributed by atoms with E-state index in [-0.39, 0.29) is 0 Å². The summed E-state index contributed by atoms with van der Waals surface area (Å²) < 4.78 is 0. The molecule has 4 unspecified atom stereocenters. The van der Waals surface area contributed by atoms with Gasteiger partial charge >= 0.3 is 0 Å². The van der Waals surface area contributed by atoms with E-state index in [1.165, 1.54) is 30.4 Å². The lowest BCUT2D eigenvalue weighted by atomic mass is 9.96. The first-order chi connectivity index (χ1) is 10.2. The number of anilines is 1. The molecule has 1 aromatic carbocycles. The predicted molar refractivity (Wildman–Crippen MR) is 81.3 cm³/mol. The van der Waals surface area contributed by atoms with Crippen LogP contribution in [0.5, 0.6) is 0 Å². The first-order valence-electron chi connectivity index (χ1n) is 8.39. The zero-order chi connectivity index (χ0) is 14.1. The standard InChI is InChI=1S/C18H22N2O/c19-14-3-1-2-12-9-20(7-6-13(12)14)18(21)17-15-10-4-5-11(8-10)16(15)17/h1-3,10-11,15-17H,4-9,19H2. The van der Waals surface area contributed by atoms with Gasteiger partial charge in [0.15, 0.2) is 0 Å². The Hall–Kier alpha value is -1.51. The average molecular weight is 282 g/mol. The molecule has 3 nitrogen and oxygen atoms in total. The number of hydrogen-bond acceptors (Lipinski definition) is 2. The molecule has 21 heavy (non-hydrogen) atoms. The van der Waals surface area contributed by atoms with Gasteiger partial charge in [-0.25, -0.2) is 0 Å². The predicted octanol–water partition coefficient (Wildman–Crippen LogP) is 2.45. The largest absolute Gasteiger partial charge is 0.398 e. The molecule has 0 radical (unpaired) electrons. The van der Waals surface area contributed by atoms with Crippen LogP contribution in [0.3, 0.4) is 0 Å². The van der Waals surface area contributed by atoms with Gasteiger partial charge in [-0.1, -0.05) is 12.1 Å². The van der Waals surface area contributed by atoms with Gasteiger partial charge in [0, 0.05) is 24.7 Å². The molecule has 1 amide bonds. The van der Waals surface area contributed by atoms with E-state index in [0.29, 0.717) is 11.8 Å². The van der Waals surface area contributed by atoms with Crippen molar-refractivity contribution in [1.29, 1.82) is 0 Å². The van der Waals surface area contributed by atoms with Gasteiger partial charge in [-0.05, 0) is 66.5 Å². The molecule has 3 heteroatoms. The fourth-order valence-electron chi connectivity index (χ4n) is 5.69. The highest BCUT2D eigenvalue weighted by Crippen LogP contribution is 2.69. The normalized spacial score (nSPS) is 39.0. The number of benzene rings is 1. The molecule has 4 atom stereocenters. The van der Waals surface area contributed by atoms with Gasteiger partial charge in [0.2, 0.25) is 5.91 Å². The Bertz CT molecular complexity index is 610. The molecule has 0 spiro atoms. The average Bonchev–Trinajstić information content (AvgIpc) is 2.93. The Morgan fingerprint density at radius 1 is 1.19 bits per heavy atom. The maximum Gasteiger partial charge on any atom is 0.226 e. The summed E-state index contributed by atoms with van der Waals surface area (Å²) in [5.41, 5.74) is 9.46. The fourth-order valence-corrected chi connectivity index (χ4v) is 5.69. The van der Waals surface area contributed by atoms with Crippen molar-refractivity contribution < 1.29 is 4.79 Å². The van der Waals surface area contributed by atoms with Crippen LogP contribution in [0, 0.1) is 29.6 Å². The highest BCUT2D eigenvalue weighted by atomic mass is 16.2. The topological polar surface area (TPSA) is 46.3 Å². The molecule has 1 heterocycles. The number of carbonyl (C=O) groups excluding carboxylic acids is 1. The summed E-state index contributed by atoms with van der Waals surface area (Å²) in [4.78, 5) is 15.0. The summed E-state index contributed by atoms with van der Waals surface area (Å²) in [6.45, 7) is 1.62. The highest BCUT2D eigenvalue weighted by Gasteiger charge is 2.67. The molecular formula is C18H22N2O. The lowest BCUT2D eigenvalue weighted by Gasteiger charge is -2.30. The zero-order valence-corrected chi connectivity index (χ0v) is 12.3. The minimum absolute atomic E-state index is 0.374. The Kier molecular flexibility index (Phi) is 2.31. The number of amides is 1. The Labute approximate surface area is 125 Å². The molecule has 3 aliphatic carbocycles. The van der Waals surface area contributed by atoms with Gasteiger partial charge in [0.05, 0.1) is 0 Å². The van der Waals surface area contributed by atoms with Crippen LogP contribution in [-0.4, -0.2) is 17.4 Å². The quantitative estimate of drug-likeness (QED) is 0.804. The van der Waals surface area contributed by atoms with Crippen molar-refractivity contribution in [3.8, 4) is 0 Å². The van der Waals surface area contributed by atoms with Crippen LogP contribution in [0.2, 0.25) is 0 Å². The summed E-state index contributed by atoms with van der Waals surface area (Å²) in [5.74, 6) is 4.06. The van der Waals surface area contributed by atoms with Crippen molar-refractivity contribution in [3.63, 3.8) is 0 Å². The molecule has 0 saturated heterocycles. The van der Waals surface area contributed by atoms with E-state index in [1.54, 1.807) is 0 Å². The number of fused-ring (bicyclic) bond motifs is 6. The number of nitrogens with two attached hydrogens (primary N) is 1. The van der Waals surface area contributed by atoms with Crippen LogP contribution in [0.15, 0.2) is 18.2 Å². The molecule has 110 valence electrons. The van der Waals surface area contributed by atoms with Gasteiger partial charge in [-0.2, -0.15) is 0 Å². The number of rotatable bonds is 1. The van der Waals surface area contributed by atoms with E-state index in [4.69, 9.17) is 5.73 Å². The van der Waals surface area contributed by atoms with Crippen LogP contribution in [0.4, 0.5) is 5.69 Å². The second-order valence-corrected chi connectivity index (χ2v) is 7.51. The van der Waals surface area contributed by atoms with Gasteiger partial charge in [-0.15, -0.1) is 0 Å². The zero-order valence-electron chi connectivity index (χ0n) is 12.3. The second-order valence-electron chi connectivity index (χ2n) is 7.51. The minimum atomic E-state index is 0.374. The fraction of sp³-hybridized carbons (Fsp3) is 0.611. The van der Waals surface area contributed by atoms with Crippen molar-refractivity contribution in [1.82, 2.24) is 4.90 Å². The molecule has 1 aromatic rings. The second kappa shape index (κ2) is 4.02. The SMILES string of the molecule is Nc1cccc2c1CCN(C(=O)C1C3C4CCC(C4)C13)C2. The molecule has 3 saturated carbocycles. The first-order valence-corrected chi connectivity index (χ1v) is 8.39. The number of nitrogens with zero attached hydrogens (tertiary/aromatic N) is 1. The van der Waals surface area contributed by atoms with Crippen molar-refractivity contribution in [2.75, 3.05) is 12.3 Å². The van der Waals surface area contributed by atoms with Crippen LogP contribution < -0.4 is 5.73 Å². The van der Waals surface area contributed by atoms with E-state index in [0.717, 1.165) is 48.9 Å². The van der Waals surface area contributed by atoms with E-state index in [1.807, 2.05) is 12.1 Å². The van der Waals surface area contributed by atoms with E-state index >= 15 is 0 Å². The molecule has 0 aromatic heterocycles. The molecule has 3 fully saturated rings. The van der Waals surface area contributed by atoms with Crippen molar-refractivity contribution in [2.45, 2.75) is 32.2 Å². The van der Waals surface area contributed by atoms with Crippen LogP contribution in [0.1, 0.15) is 30.4 Å². The van der Waals surface area contributed by atoms with Crippen molar-refractivity contribution >= 4 is 11.6 Å². The summed E-state index contributed by atoms with van der Waals surface area (Å²) in [6, 6.07) is 6.11. The van der Waals surface area contributed by atoms with E-state index < -0.39 is 0 Å². The third-order valence-electron chi connectivity index (χ3n) is 6.63. The molecule has 2 N–H and O–H groups in total. The maximum atomic E-state index is 12.9. The Morgan fingerprint density at radius 3 is 2.71 bits per heavy atom. The highest BCUT2D eigenvalue weighted by molar-refractivity contribution is 5.83. The summed E-state index contributed by atoms with van der Waals surface area (Å²) in [6.07, 6.45) is 5.10. The third kappa shape index (κ3) is 1.58. The monoisotopic (exact) mass is 282 g/mol. The van der Waals surface area contributed by atoms with Crippen LogP contribution in [0.25, 0.3) is 0 Å². The van der Waals surface area contributed by atoms with Crippen molar-refractivity contribution in [3.05, 3.63) is 29.3 Å². The third-order valence-corrected chi connectivity index (χ3v) is 6.63. The van der Waals surface area contributed by atoms with Crippen LogP contribution >= 0.6 is 0 Å². The molecule has 2 bridgehead atoms. The molecule has 5 rings (SSSR count). The number of hydrogen-bond donors (Lipinski definition) is 1. The first kappa shape index (κ1) is 12.1. The number of carbonyl (C=O) groups is 1. The van der Waals surface area contributed by atoms with Gasteiger partial charge in [0.1, 0.15) is 0 Å².